The smallest absolute Gasteiger partial charge is 0.435 e. The SMILES string of the molecule is C[C@@H]1CCC[N+]1(C(=O)O)C(=O)c1ccc(Cn2nnc(-c3ccc(OC(=O)C(C)(C)C)cc3)n2)cc1. The minimum absolute atomic E-state index is 0.257. The molecule has 10 nitrogen and oxygen atoms in total. The minimum atomic E-state index is -1.10. The van der Waals surface area contributed by atoms with Gasteiger partial charge >= 0.3 is 18.0 Å². The first kappa shape index (κ1) is 25.2. The molecule has 0 bridgehead atoms. The van der Waals surface area contributed by atoms with E-state index in [2.05, 4.69) is 15.4 Å². The van der Waals surface area contributed by atoms with Crippen LogP contribution in [0.3, 0.4) is 0 Å². The highest BCUT2D eigenvalue weighted by molar-refractivity contribution is 5.94. The largest absolute Gasteiger partial charge is 0.521 e. The van der Waals surface area contributed by atoms with Crippen molar-refractivity contribution in [1.82, 2.24) is 20.2 Å². The predicted molar refractivity (Wildman–Crippen MR) is 130 cm³/mol. The average Bonchev–Trinajstić information content (AvgIpc) is 3.46. The number of amides is 2. The molecule has 1 aliphatic rings. The van der Waals surface area contributed by atoms with Crippen molar-refractivity contribution in [2.45, 2.75) is 53.1 Å². The molecule has 36 heavy (non-hydrogen) atoms. The molecular formula is C26H30N5O5+. The molecule has 0 radical (unpaired) electrons. The van der Waals surface area contributed by atoms with Gasteiger partial charge in [0.1, 0.15) is 11.8 Å². The number of aromatic nitrogens is 4. The van der Waals surface area contributed by atoms with Gasteiger partial charge in [-0.25, -0.2) is 4.79 Å². The van der Waals surface area contributed by atoms with Crippen molar-refractivity contribution in [3.05, 3.63) is 59.7 Å². The second-order valence-electron chi connectivity index (χ2n) is 10.2. The molecule has 188 valence electrons. The second-order valence-corrected chi connectivity index (χ2v) is 10.2. The quantitative estimate of drug-likeness (QED) is 0.320. The topological polar surface area (TPSA) is 124 Å². The summed E-state index contributed by atoms with van der Waals surface area (Å²) in [6, 6.07) is 13.5. The van der Waals surface area contributed by atoms with Crippen LogP contribution in [0.2, 0.25) is 0 Å². The molecule has 1 saturated heterocycles. The van der Waals surface area contributed by atoms with Gasteiger partial charge in [0.2, 0.25) is 5.82 Å². The molecule has 3 aromatic rings. The van der Waals surface area contributed by atoms with Crippen LogP contribution in [0.15, 0.2) is 48.5 Å². The summed E-state index contributed by atoms with van der Waals surface area (Å²) < 4.78 is 4.83. The van der Waals surface area contributed by atoms with Gasteiger partial charge in [0, 0.05) is 18.4 Å². The molecule has 1 unspecified atom stereocenters. The Morgan fingerprint density at radius 1 is 1.08 bits per heavy atom. The number of carbonyl (C=O) groups is 3. The van der Waals surface area contributed by atoms with Crippen molar-refractivity contribution in [1.29, 1.82) is 0 Å². The number of nitrogens with zero attached hydrogens (tertiary/aromatic N) is 5. The van der Waals surface area contributed by atoms with E-state index in [9.17, 15) is 19.5 Å². The number of esters is 1. The van der Waals surface area contributed by atoms with Crippen LogP contribution in [0.25, 0.3) is 11.4 Å². The number of rotatable bonds is 5. The fourth-order valence-electron chi connectivity index (χ4n) is 4.25. The van der Waals surface area contributed by atoms with E-state index in [0.29, 0.717) is 43.1 Å². The number of hydrogen-bond acceptors (Lipinski definition) is 7. The van der Waals surface area contributed by atoms with Crippen LogP contribution in [0, 0.1) is 5.41 Å². The minimum Gasteiger partial charge on any atom is -0.435 e. The van der Waals surface area contributed by atoms with Crippen LogP contribution in [-0.4, -0.2) is 60.4 Å². The highest BCUT2D eigenvalue weighted by Gasteiger charge is 2.53. The van der Waals surface area contributed by atoms with Crippen LogP contribution in [0.4, 0.5) is 4.79 Å². The van der Waals surface area contributed by atoms with E-state index in [1.165, 1.54) is 4.80 Å². The summed E-state index contributed by atoms with van der Waals surface area (Å²) in [4.78, 5) is 38.6. The van der Waals surface area contributed by atoms with Gasteiger partial charge in [-0.05, 0) is 74.9 Å². The Hall–Kier alpha value is -3.92. The van der Waals surface area contributed by atoms with Crippen molar-refractivity contribution in [3.63, 3.8) is 0 Å². The zero-order valence-corrected chi connectivity index (χ0v) is 20.8. The van der Waals surface area contributed by atoms with Gasteiger partial charge in [-0.2, -0.15) is 14.1 Å². The monoisotopic (exact) mass is 492 g/mol. The summed E-state index contributed by atoms with van der Waals surface area (Å²) in [7, 11) is 0. The maximum absolute atomic E-state index is 13.1. The Bertz CT molecular complexity index is 1280. The summed E-state index contributed by atoms with van der Waals surface area (Å²) in [5.74, 6) is 0.154. The Kier molecular flexibility index (Phi) is 6.73. The molecule has 1 fully saturated rings. The molecule has 1 N–H and O–H groups in total. The summed E-state index contributed by atoms with van der Waals surface area (Å²) in [6.45, 7) is 7.83. The zero-order valence-electron chi connectivity index (χ0n) is 20.8. The first-order chi connectivity index (χ1) is 17.0. The highest BCUT2D eigenvalue weighted by atomic mass is 16.5. The van der Waals surface area contributed by atoms with Gasteiger partial charge in [0.15, 0.2) is 0 Å². The van der Waals surface area contributed by atoms with Crippen LogP contribution >= 0.6 is 0 Å². The number of quaternary nitrogens is 1. The number of hydrogen-bond donors (Lipinski definition) is 1. The molecule has 2 amide bonds. The number of likely N-dealkylation sites (tertiary alicyclic amines) is 1. The number of ether oxygens (including phenoxy) is 1. The number of imide groups is 1. The average molecular weight is 493 g/mol. The molecule has 0 aliphatic carbocycles. The van der Waals surface area contributed by atoms with Crippen molar-refractivity contribution >= 4 is 18.0 Å². The van der Waals surface area contributed by atoms with E-state index < -0.39 is 21.9 Å². The van der Waals surface area contributed by atoms with E-state index in [4.69, 9.17) is 4.74 Å². The molecule has 1 aromatic heterocycles. The normalized spacial score (nSPS) is 19.7. The molecule has 2 heterocycles. The van der Waals surface area contributed by atoms with Gasteiger partial charge in [0.05, 0.1) is 24.1 Å². The fourth-order valence-corrected chi connectivity index (χ4v) is 4.25. The predicted octanol–water partition coefficient (Wildman–Crippen LogP) is 4.16. The third-order valence-corrected chi connectivity index (χ3v) is 6.50. The van der Waals surface area contributed by atoms with Gasteiger partial charge in [-0.3, -0.25) is 4.79 Å². The van der Waals surface area contributed by atoms with Crippen LogP contribution in [0.5, 0.6) is 5.75 Å². The van der Waals surface area contributed by atoms with E-state index >= 15 is 0 Å². The van der Waals surface area contributed by atoms with E-state index in [1.54, 1.807) is 69.3 Å². The van der Waals surface area contributed by atoms with Crippen molar-refractivity contribution in [2.24, 2.45) is 5.41 Å². The molecule has 10 heteroatoms. The van der Waals surface area contributed by atoms with Crippen LogP contribution < -0.4 is 4.74 Å². The van der Waals surface area contributed by atoms with Gasteiger partial charge in [-0.15, -0.1) is 10.2 Å². The van der Waals surface area contributed by atoms with Crippen molar-refractivity contribution < 1.29 is 28.7 Å². The second kappa shape index (κ2) is 9.62. The number of benzene rings is 2. The lowest BCUT2D eigenvalue weighted by Crippen LogP contribution is -2.58. The summed E-state index contributed by atoms with van der Waals surface area (Å²) in [6.07, 6.45) is 0.317. The molecule has 0 saturated carbocycles. The van der Waals surface area contributed by atoms with E-state index in [-0.39, 0.29) is 12.0 Å². The molecule has 1 aliphatic heterocycles. The lowest BCUT2D eigenvalue weighted by atomic mass is 9.97. The van der Waals surface area contributed by atoms with Crippen molar-refractivity contribution in [2.75, 3.05) is 6.54 Å². The third kappa shape index (κ3) is 4.90. The Labute approximate surface area is 209 Å². The van der Waals surface area contributed by atoms with Crippen LogP contribution in [-0.2, 0) is 11.3 Å². The Balaban J connectivity index is 1.43. The molecular weight excluding hydrogens is 462 g/mol. The molecule has 2 aromatic carbocycles. The first-order valence-electron chi connectivity index (χ1n) is 11.9. The zero-order chi connectivity index (χ0) is 26.1. The van der Waals surface area contributed by atoms with Gasteiger partial charge in [0.25, 0.3) is 0 Å². The van der Waals surface area contributed by atoms with Gasteiger partial charge < -0.3 is 9.84 Å². The van der Waals surface area contributed by atoms with Crippen LogP contribution in [0.1, 0.15) is 56.5 Å². The number of tetrazole rings is 1. The molecule has 2 atom stereocenters. The summed E-state index contributed by atoms with van der Waals surface area (Å²) >= 11 is 0. The number of carboxylic acid groups (broad SMARTS) is 1. The lowest BCUT2D eigenvalue weighted by Gasteiger charge is -2.29. The maximum Gasteiger partial charge on any atom is 0.521 e. The third-order valence-electron chi connectivity index (χ3n) is 6.50. The standard InChI is InChI=1S/C26H29N5O5/c1-17-6-5-15-31(17,25(34)35)23(32)20-9-7-18(8-10-20)16-30-28-22(27-29-30)19-11-13-21(14-12-19)36-24(33)26(2,3)4/h7-14,17H,5-6,15-16H2,1-4H3/p+1/t17-,31?/m1/s1. The highest BCUT2D eigenvalue weighted by Crippen LogP contribution is 2.30. The summed E-state index contributed by atoms with van der Waals surface area (Å²) in [5.41, 5.74) is 1.34. The van der Waals surface area contributed by atoms with Crippen molar-refractivity contribution in [3.8, 4) is 17.1 Å². The number of carbonyl (C=O) groups excluding carboxylic acids is 2. The maximum atomic E-state index is 13.1. The Morgan fingerprint density at radius 3 is 2.31 bits per heavy atom. The van der Waals surface area contributed by atoms with E-state index in [0.717, 1.165) is 11.1 Å². The fraction of sp³-hybridized carbons (Fsp3) is 0.385. The first-order valence-corrected chi connectivity index (χ1v) is 11.9. The van der Waals surface area contributed by atoms with E-state index in [1.807, 2.05) is 6.92 Å². The molecule has 4 rings (SSSR count). The summed E-state index contributed by atoms with van der Waals surface area (Å²) in [5, 5.41) is 22.4. The van der Waals surface area contributed by atoms with Gasteiger partial charge in [-0.1, -0.05) is 12.1 Å². The molecule has 0 spiro atoms. The lowest BCUT2D eigenvalue weighted by molar-refractivity contribution is -0.785. The Morgan fingerprint density at radius 2 is 1.75 bits per heavy atom.